The Kier molecular flexibility index (Phi) is 4.44. The van der Waals surface area contributed by atoms with E-state index in [1.54, 1.807) is 43.3 Å². The Morgan fingerprint density at radius 3 is 2.71 bits per heavy atom. The summed E-state index contributed by atoms with van der Waals surface area (Å²) in [5.74, 6) is 0.149. The van der Waals surface area contributed by atoms with Crippen LogP contribution in [-0.4, -0.2) is 27.1 Å². The Hall–Kier alpha value is -2.54. The van der Waals surface area contributed by atoms with Gasteiger partial charge in [-0.2, -0.15) is 0 Å². The second kappa shape index (κ2) is 6.52. The van der Waals surface area contributed by atoms with Crippen molar-refractivity contribution in [2.45, 2.75) is 24.3 Å². The Balaban J connectivity index is 1.77. The first-order valence-corrected chi connectivity index (χ1v) is 9.02. The molecule has 0 amide bonds. The number of benzene rings is 2. The van der Waals surface area contributed by atoms with Gasteiger partial charge in [0.15, 0.2) is 6.10 Å². The third-order valence-electron chi connectivity index (χ3n) is 3.59. The zero-order valence-corrected chi connectivity index (χ0v) is 13.9. The normalized spacial score (nSPS) is 16.1. The fourth-order valence-electron chi connectivity index (χ4n) is 2.49. The van der Waals surface area contributed by atoms with Gasteiger partial charge < -0.3 is 9.47 Å². The lowest BCUT2D eigenvalue weighted by atomic mass is 10.1. The number of hydrogen-bond acceptors (Lipinski definition) is 5. The highest BCUT2D eigenvalue weighted by Crippen LogP contribution is 2.32. The molecule has 2 aromatic rings. The maximum absolute atomic E-state index is 12.3. The molecule has 3 rings (SSSR count). The molecule has 0 saturated carbocycles. The highest BCUT2D eigenvalue weighted by molar-refractivity contribution is 7.92. The maximum atomic E-state index is 12.3. The molecule has 24 heavy (non-hydrogen) atoms. The summed E-state index contributed by atoms with van der Waals surface area (Å²) < 4.78 is 37.7. The molecule has 1 N–H and O–H groups in total. The van der Waals surface area contributed by atoms with Crippen molar-refractivity contribution < 1.29 is 22.7 Å². The highest BCUT2D eigenvalue weighted by Gasteiger charge is 2.30. The van der Waals surface area contributed by atoms with E-state index in [2.05, 4.69) is 4.72 Å². The van der Waals surface area contributed by atoms with Crippen LogP contribution in [0.2, 0.25) is 0 Å². The predicted octanol–water partition coefficient (Wildman–Crippen LogP) is 2.35. The van der Waals surface area contributed by atoms with E-state index in [9.17, 15) is 13.2 Å². The van der Waals surface area contributed by atoms with E-state index in [-0.39, 0.29) is 11.5 Å². The summed E-state index contributed by atoms with van der Waals surface area (Å²) in [6, 6.07) is 13.1. The summed E-state index contributed by atoms with van der Waals surface area (Å²) in [4.78, 5) is 11.9. The molecule has 2 aromatic carbocycles. The standard InChI is InChI=1S/C17H17NO5S/c1-2-22-17(19)16-11-12-10-13(8-9-15(12)23-16)18-24(20,21)14-6-4-3-5-7-14/h3-10,16,18H,2,11H2,1H3. The van der Waals surface area contributed by atoms with Gasteiger partial charge in [-0.1, -0.05) is 18.2 Å². The number of nitrogens with one attached hydrogen (secondary N) is 1. The van der Waals surface area contributed by atoms with Crippen molar-refractivity contribution in [1.82, 2.24) is 0 Å². The minimum absolute atomic E-state index is 0.186. The molecule has 126 valence electrons. The average Bonchev–Trinajstić information content (AvgIpc) is 2.99. The second-order valence-electron chi connectivity index (χ2n) is 5.30. The minimum atomic E-state index is -3.65. The molecule has 1 aliphatic rings. The molecular formula is C17H17NO5S. The molecule has 1 aliphatic heterocycles. The van der Waals surface area contributed by atoms with Crippen molar-refractivity contribution in [1.29, 1.82) is 0 Å². The summed E-state index contributed by atoms with van der Waals surface area (Å²) in [6.07, 6.45) is -0.323. The minimum Gasteiger partial charge on any atom is -0.478 e. The highest BCUT2D eigenvalue weighted by atomic mass is 32.2. The zero-order valence-electron chi connectivity index (χ0n) is 13.1. The Bertz CT molecular complexity index is 849. The Morgan fingerprint density at radius 2 is 2.00 bits per heavy atom. The third kappa shape index (κ3) is 3.35. The van der Waals surface area contributed by atoms with Crippen molar-refractivity contribution in [2.75, 3.05) is 11.3 Å². The lowest BCUT2D eigenvalue weighted by molar-refractivity contribution is -0.150. The van der Waals surface area contributed by atoms with Gasteiger partial charge in [-0.25, -0.2) is 13.2 Å². The molecule has 0 fully saturated rings. The number of rotatable bonds is 5. The maximum Gasteiger partial charge on any atom is 0.347 e. The van der Waals surface area contributed by atoms with Gasteiger partial charge >= 0.3 is 5.97 Å². The summed E-state index contributed by atoms with van der Waals surface area (Å²) in [7, 11) is -3.65. The van der Waals surface area contributed by atoms with Gasteiger partial charge in [0.25, 0.3) is 10.0 Å². The number of fused-ring (bicyclic) bond motifs is 1. The van der Waals surface area contributed by atoms with Crippen molar-refractivity contribution in [3.63, 3.8) is 0 Å². The Morgan fingerprint density at radius 1 is 1.25 bits per heavy atom. The van der Waals surface area contributed by atoms with Crippen molar-refractivity contribution in [2.24, 2.45) is 0 Å². The van der Waals surface area contributed by atoms with E-state index in [1.807, 2.05) is 0 Å². The van der Waals surface area contributed by atoms with Gasteiger partial charge in [-0.3, -0.25) is 4.72 Å². The van der Waals surface area contributed by atoms with Gasteiger partial charge in [-0.05, 0) is 37.3 Å². The monoisotopic (exact) mass is 347 g/mol. The number of sulfonamides is 1. The molecule has 0 aliphatic carbocycles. The van der Waals surface area contributed by atoms with E-state index in [0.717, 1.165) is 5.56 Å². The quantitative estimate of drug-likeness (QED) is 0.840. The molecule has 0 bridgehead atoms. The zero-order chi connectivity index (χ0) is 17.2. The van der Waals surface area contributed by atoms with E-state index in [4.69, 9.17) is 9.47 Å². The summed E-state index contributed by atoms with van der Waals surface area (Å²) >= 11 is 0. The molecule has 1 atom stereocenters. The largest absolute Gasteiger partial charge is 0.478 e. The molecule has 0 aromatic heterocycles. The van der Waals surface area contributed by atoms with E-state index in [0.29, 0.717) is 17.9 Å². The van der Waals surface area contributed by atoms with Crippen LogP contribution in [0.3, 0.4) is 0 Å². The SMILES string of the molecule is CCOC(=O)C1Cc2cc(NS(=O)(=O)c3ccccc3)ccc2O1. The van der Waals surface area contributed by atoms with Crippen molar-refractivity contribution in [3.8, 4) is 5.75 Å². The fourth-order valence-corrected chi connectivity index (χ4v) is 3.56. The van der Waals surface area contributed by atoms with Crippen LogP contribution in [0, 0.1) is 0 Å². The van der Waals surface area contributed by atoms with Crippen LogP contribution in [0.1, 0.15) is 12.5 Å². The van der Waals surface area contributed by atoms with Gasteiger partial charge in [0.1, 0.15) is 5.75 Å². The van der Waals surface area contributed by atoms with Crippen LogP contribution in [-0.2, 0) is 26.0 Å². The number of esters is 1. The van der Waals surface area contributed by atoms with Gasteiger partial charge in [0.2, 0.25) is 0 Å². The molecule has 0 radical (unpaired) electrons. The van der Waals surface area contributed by atoms with Gasteiger partial charge in [-0.15, -0.1) is 0 Å². The van der Waals surface area contributed by atoms with Crippen LogP contribution >= 0.6 is 0 Å². The van der Waals surface area contributed by atoms with Crippen LogP contribution in [0.5, 0.6) is 5.75 Å². The van der Waals surface area contributed by atoms with Crippen LogP contribution in [0.15, 0.2) is 53.4 Å². The molecule has 6 nitrogen and oxygen atoms in total. The molecule has 0 spiro atoms. The summed E-state index contributed by atoms with van der Waals surface area (Å²) in [5, 5.41) is 0. The molecule has 0 saturated heterocycles. The van der Waals surface area contributed by atoms with Crippen LogP contribution in [0.4, 0.5) is 5.69 Å². The molecular weight excluding hydrogens is 330 g/mol. The smallest absolute Gasteiger partial charge is 0.347 e. The first-order chi connectivity index (χ1) is 11.5. The summed E-state index contributed by atoms with van der Waals surface area (Å²) in [6.45, 7) is 2.02. The second-order valence-corrected chi connectivity index (χ2v) is 6.99. The first-order valence-electron chi connectivity index (χ1n) is 7.53. The fraction of sp³-hybridized carbons (Fsp3) is 0.235. The number of carbonyl (C=O) groups is 1. The lowest BCUT2D eigenvalue weighted by Crippen LogP contribution is -2.27. The van der Waals surface area contributed by atoms with Gasteiger partial charge in [0, 0.05) is 17.7 Å². The number of hydrogen-bond donors (Lipinski definition) is 1. The average molecular weight is 347 g/mol. The molecule has 1 unspecified atom stereocenters. The number of anilines is 1. The lowest BCUT2D eigenvalue weighted by Gasteiger charge is -2.09. The van der Waals surface area contributed by atoms with E-state index in [1.165, 1.54) is 12.1 Å². The van der Waals surface area contributed by atoms with E-state index < -0.39 is 22.1 Å². The topological polar surface area (TPSA) is 81.7 Å². The third-order valence-corrected chi connectivity index (χ3v) is 4.99. The Labute approximate surface area is 140 Å². The molecule has 7 heteroatoms. The predicted molar refractivity (Wildman–Crippen MR) is 88.4 cm³/mol. The van der Waals surface area contributed by atoms with E-state index >= 15 is 0 Å². The first kappa shape index (κ1) is 16.3. The van der Waals surface area contributed by atoms with Crippen LogP contribution < -0.4 is 9.46 Å². The van der Waals surface area contributed by atoms with Crippen molar-refractivity contribution in [3.05, 3.63) is 54.1 Å². The number of ether oxygens (including phenoxy) is 2. The van der Waals surface area contributed by atoms with Crippen molar-refractivity contribution >= 4 is 21.7 Å². The van der Waals surface area contributed by atoms with Crippen LogP contribution in [0.25, 0.3) is 0 Å². The van der Waals surface area contributed by atoms with Gasteiger partial charge in [0.05, 0.1) is 11.5 Å². The molecule has 1 heterocycles. The number of carbonyl (C=O) groups excluding carboxylic acids is 1. The summed E-state index contributed by atoms with van der Waals surface area (Å²) in [5.41, 5.74) is 1.19.